The summed E-state index contributed by atoms with van der Waals surface area (Å²) in [4.78, 5) is 27.8. The number of amides is 2. The van der Waals surface area contributed by atoms with Gasteiger partial charge in [0, 0.05) is 28.4 Å². The molecule has 7 heteroatoms. The number of nitrogens with zero attached hydrogens (tertiary/aromatic N) is 1. The van der Waals surface area contributed by atoms with Crippen LogP contribution in [-0.2, 0) is 21.8 Å². The van der Waals surface area contributed by atoms with Gasteiger partial charge in [0.25, 0.3) is 0 Å². The maximum atomic E-state index is 14.0. The number of carbonyl (C=O) groups is 2. The molecule has 1 atom stereocenters. The Hall–Kier alpha value is -2.05. The summed E-state index contributed by atoms with van der Waals surface area (Å²) in [5, 5.41) is 3.34. The summed E-state index contributed by atoms with van der Waals surface area (Å²) in [6.45, 7) is 8.09. The van der Waals surface area contributed by atoms with Gasteiger partial charge in [-0.1, -0.05) is 54.9 Å². The molecule has 0 aliphatic heterocycles. The normalized spacial score (nSPS) is 12.3. The number of hydrogen-bond acceptors (Lipinski definition) is 3. The molecule has 0 saturated heterocycles. The third kappa shape index (κ3) is 8.14. The molecular formula is C25H32ClFN2O2S. The van der Waals surface area contributed by atoms with Crippen LogP contribution in [0.15, 0.2) is 48.5 Å². The third-order valence-corrected chi connectivity index (χ3v) is 6.20. The van der Waals surface area contributed by atoms with E-state index >= 15 is 0 Å². The van der Waals surface area contributed by atoms with E-state index in [1.807, 2.05) is 58.0 Å². The van der Waals surface area contributed by atoms with E-state index in [-0.39, 0.29) is 29.1 Å². The second kappa shape index (κ2) is 12.3. The molecule has 0 radical (unpaired) electrons. The zero-order valence-corrected chi connectivity index (χ0v) is 20.7. The van der Waals surface area contributed by atoms with E-state index in [1.165, 1.54) is 17.8 Å². The first-order valence-corrected chi connectivity index (χ1v) is 12.3. The van der Waals surface area contributed by atoms with Gasteiger partial charge in [-0.3, -0.25) is 9.59 Å². The van der Waals surface area contributed by atoms with Crippen molar-refractivity contribution in [3.8, 4) is 0 Å². The van der Waals surface area contributed by atoms with Crippen LogP contribution in [0.25, 0.3) is 0 Å². The first kappa shape index (κ1) is 26.2. The van der Waals surface area contributed by atoms with Gasteiger partial charge in [0.1, 0.15) is 11.9 Å². The molecule has 0 fully saturated rings. The van der Waals surface area contributed by atoms with Gasteiger partial charge in [-0.25, -0.2) is 4.39 Å². The molecule has 2 rings (SSSR count). The number of hydrogen-bond donors (Lipinski definition) is 1. The lowest BCUT2D eigenvalue weighted by Gasteiger charge is -2.33. The average Bonchev–Trinajstić information content (AvgIpc) is 2.72. The van der Waals surface area contributed by atoms with Crippen LogP contribution in [0.2, 0.25) is 5.02 Å². The highest BCUT2D eigenvalue weighted by molar-refractivity contribution is 7.99. The highest BCUT2D eigenvalue weighted by Gasteiger charge is 2.30. The molecule has 0 aliphatic carbocycles. The number of nitrogens with one attached hydrogen (secondary N) is 1. The SMILES string of the molecule is CC[C@@H](C(=O)NC(C)(C)C)N(CCc1ccccc1)C(=O)CSCc1c(F)cccc1Cl. The average molecular weight is 479 g/mol. The third-order valence-electron chi connectivity index (χ3n) is 4.90. The Bertz CT molecular complexity index is 882. The lowest BCUT2D eigenvalue weighted by molar-refractivity contribution is -0.139. The van der Waals surface area contributed by atoms with Crippen LogP contribution in [0.1, 0.15) is 45.2 Å². The maximum Gasteiger partial charge on any atom is 0.243 e. The largest absolute Gasteiger partial charge is 0.350 e. The summed E-state index contributed by atoms with van der Waals surface area (Å²) in [7, 11) is 0. The van der Waals surface area contributed by atoms with Crippen molar-refractivity contribution < 1.29 is 14.0 Å². The van der Waals surface area contributed by atoms with Gasteiger partial charge in [0.15, 0.2) is 0 Å². The lowest BCUT2D eigenvalue weighted by atomic mass is 10.1. The minimum absolute atomic E-state index is 0.138. The predicted octanol–water partition coefficient (Wildman–Crippen LogP) is 5.48. The zero-order valence-electron chi connectivity index (χ0n) is 19.2. The Kier molecular flexibility index (Phi) is 10.0. The molecule has 0 bridgehead atoms. The Morgan fingerprint density at radius 1 is 1.12 bits per heavy atom. The molecular weight excluding hydrogens is 447 g/mol. The molecule has 0 spiro atoms. The molecule has 2 aromatic carbocycles. The van der Waals surface area contributed by atoms with Gasteiger partial charge in [0.05, 0.1) is 5.75 Å². The number of halogens is 2. The fourth-order valence-electron chi connectivity index (χ4n) is 3.34. The van der Waals surface area contributed by atoms with Crippen molar-refractivity contribution >= 4 is 35.2 Å². The van der Waals surface area contributed by atoms with Crippen molar-refractivity contribution in [3.05, 3.63) is 70.5 Å². The molecule has 0 heterocycles. The molecule has 2 amide bonds. The first-order chi connectivity index (χ1) is 15.1. The second-order valence-corrected chi connectivity index (χ2v) is 10.1. The van der Waals surface area contributed by atoms with Gasteiger partial charge in [-0.15, -0.1) is 11.8 Å². The van der Waals surface area contributed by atoms with E-state index < -0.39 is 11.6 Å². The van der Waals surface area contributed by atoms with Crippen LogP contribution in [0.5, 0.6) is 0 Å². The summed E-state index contributed by atoms with van der Waals surface area (Å²) in [6.07, 6.45) is 1.15. The Labute approximate surface area is 199 Å². The molecule has 0 saturated carbocycles. The zero-order chi connectivity index (χ0) is 23.7. The molecule has 0 aliphatic rings. The maximum absolute atomic E-state index is 14.0. The van der Waals surface area contributed by atoms with Crippen LogP contribution in [0.3, 0.4) is 0 Å². The summed E-state index contributed by atoms with van der Waals surface area (Å²) in [5.41, 5.74) is 1.09. The van der Waals surface area contributed by atoms with Crippen molar-refractivity contribution in [2.24, 2.45) is 0 Å². The smallest absolute Gasteiger partial charge is 0.243 e. The van der Waals surface area contributed by atoms with Gasteiger partial charge in [-0.05, 0) is 51.3 Å². The molecule has 32 heavy (non-hydrogen) atoms. The van der Waals surface area contributed by atoms with Crippen LogP contribution in [0, 0.1) is 5.82 Å². The van der Waals surface area contributed by atoms with Gasteiger partial charge in [-0.2, -0.15) is 0 Å². The van der Waals surface area contributed by atoms with Gasteiger partial charge in [0.2, 0.25) is 11.8 Å². The standard InChI is InChI=1S/C25H32ClFN2O2S/c1-5-22(24(31)28-25(2,3)4)29(15-14-18-10-7-6-8-11-18)23(30)17-32-16-19-20(26)12-9-13-21(19)27/h6-13,22H,5,14-17H2,1-4H3,(H,28,31)/t22-/m0/s1. The molecule has 2 aromatic rings. The first-order valence-electron chi connectivity index (χ1n) is 10.8. The lowest BCUT2D eigenvalue weighted by Crippen LogP contribution is -2.54. The molecule has 174 valence electrons. The van der Waals surface area contributed by atoms with Crippen molar-refractivity contribution in [2.45, 2.75) is 57.9 Å². The molecule has 0 aromatic heterocycles. The van der Waals surface area contributed by atoms with E-state index in [1.54, 1.807) is 17.0 Å². The topological polar surface area (TPSA) is 49.4 Å². The number of carbonyl (C=O) groups excluding carboxylic acids is 2. The summed E-state index contributed by atoms with van der Waals surface area (Å²) >= 11 is 7.40. The highest BCUT2D eigenvalue weighted by atomic mass is 35.5. The van der Waals surface area contributed by atoms with E-state index in [2.05, 4.69) is 5.32 Å². The molecule has 0 unspecified atom stereocenters. The summed E-state index contributed by atoms with van der Waals surface area (Å²) in [6, 6.07) is 13.9. The predicted molar refractivity (Wildman–Crippen MR) is 131 cm³/mol. The second-order valence-electron chi connectivity index (χ2n) is 8.68. The van der Waals surface area contributed by atoms with Crippen molar-refractivity contribution in [2.75, 3.05) is 12.3 Å². The Balaban J connectivity index is 2.12. The van der Waals surface area contributed by atoms with Crippen LogP contribution < -0.4 is 5.32 Å². The van der Waals surface area contributed by atoms with Crippen molar-refractivity contribution in [1.29, 1.82) is 0 Å². The van der Waals surface area contributed by atoms with Crippen LogP contribution in [0.4, 0.5) is 4.39 Å². The molecule has 4 nitrogen and oxygen atoms in total. The van der Waals surface area contributed by atoms with Crippen LogP contribution in [-0.4, -0.2) is 40.6 Å². The van der Waals surface area contributed by atoms with Crippen molar-refractivity contribution in [1.82, 2.24) is 10.2 Å². The van der Waals surface area contributed by atoms with E-state index in [0.29, 0.717) is 30.0 Å². The fourth-order valence-corrected chi connectivity index (χ4v) is 4.59. The minimum Gasteiger partial charge on any atom is -0.350 e. The van der Waals surface area contributed by atoms with E-state index in [0.717, 1.165) is 5.56 Å². The Morgan fingerprint density at radius 3 is 2.41 bits per heavy atom. The number of benzene rings is 2. The van der Waals surface area contributed by atoms with E-state index in [4.69, 9.17) is 11.6 Å². The summed E-state index contributed by atoms with van der Waals surface area (Å²) in [5.74, 6) is -0.264. The number of thioether (sulfide) groups is 1. The fraction of sp³-hybridized carbons (Fsp3) is 0.440. The van der Waals surface area contributed by atoms with Crippen LogP contribution >= 0.6 is 23.4 Å². The van der Waals surface area contributed by atoms with Crippen molar-refractivity contribution in [3.63, 3.8) is 0 Å². The number of rotatable bonds is 10. The highest BCUT2D eigenvalue weighted by Crippen LogP contribution is 2.24. The van der Waals surface area contributed by atoms with Gasteiger partial charge < -0.3 is 10.2 Å². The Morgan fingerprint density at radius 2 is 1.81 bits per heavy atom. The van der Waals surface area contributed by atoms with E-state index in [9.17, 15) is 14.0 Å². The summed E-state index contributed by atoms with van der Waals surface area (Å²) < 4.78 is 14.0. The monoisotopic (exact) mass is 478 g/mol. The quantitative estimate of drug-likeness (QED) is 0.492. The van der Waals surface area contributed by atoms with Gasteiger partial charge >= 0.3 is 0 Å². The molecule has 1 N–H and O–H groups in total. The minimum atomic E-state index is -0.567.